The molecule has 5 heteroatoms. The second kappa shape index (κ2) is 3.61. The van der Waals surface area contributed by atoms with Crippen molar-refractivity contribution in [2.24, 2.45) is 5.10 Å². The molecular weight excluding hydrogens is 196 g/mol. The van der Waals surface area contributed by atoms with Crippen molar-refractivity contribution in [1.82, 2.24) is 5.43 Å². The van der Waals surface area contributed by atoms with Crippen LogP contribution in [0.25, 0.3) is 0 Å². The highest BCUT2D eigenvalue weighted by Gasteiger charge is 2.24. The molecule has 0 aliphatic carbocycles. The SMILES string of the molecule is O=C(O)C1=NNC(c2ccc(O)cc2)C1. The number of carboxylic acid groups (broad SMARTS) is 1. The average molecular weight is 206 g/mol. The van der Waals surface area contributed by atoms with Crippen molar-refractivity contribution in [2.75, 3.05) is 0 Å². The number of phenols is 1. The Morgan fingerprint density at radius 3 is 2.60 bits per heavy atom. The molecule has 78 valence electrons. The highest BCUT2D eigenvalue weighted by atomic mass is 16.4. The minimum atomic E-state index is -0.997. The summed E-state index contributed by atoms with van der Waals surface area (Å²) < 4.78 is 0. The van der Waals surface area contributed by atoms with E-state index in [9.17, 15) is 4.79 Å². The number of hydrogen-bond acceptors (Lipinski definition) is 4. The molecule has 1 heterocycles. The minimum absolute atomic E-state index is 0.114. The third-order valence-corrected chi connectivity index (χ3v) is 2.30. The molecule has 0 bridgehead atoms. The first-order chi connectivity index (χ1) is 7.16. The minimum Gasteiger partial charge on any atom is -0.508 e. The van der Waals surface area contributed by atoms with E-state index in [-0.39, 0.29) is 17.5 Å². The summed E-state index contributed by atoms with van der Waals surface area (Å²) in [6.07, 6.45) is 0.361. The lowest BCUT2D eigenvalue weighted by Gasteiger charge is -2.09. The van der Waals surface area contributed by atoms with Gasteiger partial charge in [-0.25, -0.2) is 4.79 Å². The molecule has 0 saturated carbocycles. The summed E-state index contributed by atoms with van der Waals surface area (Å²) in [5, 5.41) is 21.5. The van der Waals surface area contributed by atoms with Gasteiger partial charge in [0.1, 0.15) is 11.5 Å². The molecule has 1 aromatic carbocycles. The van der Waals surface area contributed by atoms with Crippen molar-refractivity contribution in [3.8, 4) is 5.75 Å². The van der Waals surface area contributed by atoms with Crippen LogP contribution in [-0.2, 0) is 4.79 Å². The molecule has 0 aromatic heterocycles. The maximum Gasteiger partial charge on any atom is 0.352 e. The largest absolute Gasteiger partial charge is 0.508 e. The van der Waals surface area contributed by atoms with Crippen molar-refractivity contribution >= 4 is 11.7 Å². The number of carboxylic acids is 1. The summed E-state index contributed by atoms with van der Waals surface area (Å²) in [4.78, 5) is 10.6. The molecule has 1 unspecified atom stereocenters. The lowest BCUT2D eigenvalue weighted by Crippen LogP contribution is -2.12. The van der Waals surface area contributed by atoms with Gasteiger partial charge in [0.05, 0.1) is 6.04 Å². The third kappa shape index (κ3) is 1.90. The molecule has 0 radical (unpaired) electrons. The fourth-order valence-corrected chi connectivity index (χ4v) is 1.47. The number of aliphatic carboxylic acids is 1. The molecular formula is C10H10N2O3. The Balaban J connectivity index is 2.10. The first kappa shape index (κ1) is 9.51. The number of rotatable bonds is 2. The summed E-state index contributed by atoms with van der Waals surface area (Å²) >= 11 is 0. The molecule has 1 aliphatic rings. The third-order valence-electron chi connectivity index (χ3n) is 2.30. The molecule has 2 rings (SSSR count). The Hall–Kier alpha value is -2.04. The van der Waals surface area contributed by atoms with E-state index in [1.165, 1.54) is 0 Å². The first-order valence-electron chi connectivity index (χ1n) is 4.51. The Kier molecular flexibility index (Phi) is 2.29. The Morgan fingerprint density at radius 2 is 2.07 bits per heavy atom. The van der Waals surface area contributed by atoms with Crippen LogP contribution in [0.3, 0.4) is 0 Å². The van der Waals surface area contributed by atoms with Crippen LogP contribution in [0.5, 0.6) is 5.75 Å². The van der Waals surface area contributed by atoms with Crippen molar-refractivity contribution in [2.45, 2.75) is 12.5 Å². The van der Waals surface area contributed by atoms with Crippen molar-refractivity contribution in [3.63, 3.8) is 0 Å². The number of aromatic hydroxyl groups is 1. The van der Waals surface area contributed by atoms with Crippen LogP contribution in [0.1, 0.15) is 18.0 Å². The van der Waals surface area contributed by atoms with Gasteiger partial charge in [0.25, 0.3) is 0 Å². The van der Waals surface area contributed by atoms with Crippen LogP contribution in [0.15, 0.2) is 29.4 Å². The lowest BCUT2D eigenvalue weighted by atomic mass is 10.0. The van der Waals surface area contributed by atoms with Crippen LogP contribution in [0.2, 0.25) is 0 Å². The molecule has 5 nitrogen and oxygen atoms in total. The maximum absolute atomic E-state index is 10.6. The molecule has 0 saturated heterocycles. The number of carbonyl (C=O) groups is 1. The van der Waals surface area contributed by atoms with E-state index in [0.29, 0.717) is 6.42 Å². The summed E-state index contributed by atoms with van der Waals surface area (Å²) in [7, 11) is 0. The van der Waals surface area contributed by atoms with E-state index in [1.807, 2.05) is 0 Å². The average Bonchev–Trinajstić information content (AvgIpc) is 2.68. The zero-order valence-corrected chi connectivity index (χ0v) is 7.84. The van der Waals surface area contributed by atoms with Crippen molar-refractivity contribution < 1.29 is 15.0 Å². The van der Waals surface area contributed by atoms with E-state index in [4.69, 9.17) is 10.2 Å². The quantitative estimate of drug-likeness (QED) is 0.670. The molecule has 0 spiro atoms. The van der Waals surface area contributed by atoms with Gasteiger partial charge in [-0.05, 0) is 17.7 Å². The predicted octanol–water partition coefficient (Wildman–Crippen LogP) is 0.867. The fraction of sp³-hybridized carbons (Fsp3) is 0.200. The number of nitrogens with zero attached hydrogens (tertiary/aromatic N) is 1. The Morgan fingerprint density at radius 1 is 1.40 bits per heavy atom. The van der Waals surface area contributed by atoms with E-state index >= 15 is 0 Å². The first-order valence-corrected chi connectivity index (χ1v) is 4.51. The number of benzene rings is 1. The topological polar surface area (TPSA) is 81.9 Å². The van der Waals surface area contributed by atoms with Gasteiger partial charge in [-0.1, -0.05) is 12.1 Å². The summed E-state index contributed by atoms with van der Waals surface area (Å²) in [6.45, 7) is 0. The molecule has 0 fully saturated rings. The normalized spacial score (nSPS) is 19.5. The number of hydrogen-bond donors (Lipinski definition) is 3. The Bertz CT molecular complexity index is 411. The van der Waals surface area contributed by atoms with Gasteiger partial charge < -0.3 is 15.6 Å². The summed E-state index contributed by atoms with van der Waals surface area (Å²) in [5.74, 6) is -0.806. The molecule has 3 N–H and O–H groups in total. The second-order valence-corrected chi connectivity index (χ2v) is 3.34. The van der Waals surface area contributed by atoms with Crippen LogP contribution in [0.4, 0.5) is 0 Å². The predicted molar refractivity (Wildman–Crippen MR) is 53.7 cm³/mol. The van der Waals surface area contributed by atoms with Crippen molar-refractivity contribution in [1.29, 1.82) is 0 Å². The summed E-state index contributed by atoms with van der Waals surface area (Å²) in [6, 6.07) is 6.50. The molecule has 1 aromatic rings. The van der Waals surface area contributed by atoms with Gasteiger partial charge in [0, 0.05) is 6.42 Å². The van der Waals surface area contributed by atoms with Crippen LogP contribution in [-0.4, -0.2) is 21.9 Å². The number of phenolic OH excluding ortho intramolecular Hbond substituents is 1. The van der Waals surface area contributed by atoms with E-state index in [2.05, 4.69) is 10.5 Å². The standard InChI is InChI=1S/C10H10N2O3/c13-7-3-1-6(2-4-7)8-5-9(10(14)15)12-11-8/h1-4,8,11,13H,5H2,(H,14,15). The number of hydrazone groups is 1. The molecule has 15 heavy (non-hydrogen) atoms. The maximum atomic E-state index is 10.6. The van der Waals surface area contributed by atoms with Crippen LogP contribution in [0, 0.1) is 0 Å². The number of nitrogens with one attached hydrogen (secondary N) is 1. The molecule has 1 atom stereocenters. The Labute approximate surface area is 86.1 Å². The smallest absolute Gasteiger partial charge is 0.352 e. The van der Waals surface area contributed by atoms with Gasteiger partial charge in [0.15, 0.2) is 0 Å². The van der Waals surface area contributed by atoms with Gasteiger partial charge in [-0.15, -0.1) is 0 Å². The van der Waals surface area contributed by atoms with Gasteiger partial charge in [0.2, 0.25) is 0 Å². The fourth-order valence-electron chi connectivity index (χ4n) is 1.47. The highest BCUT2D eigenvalue weighted by molar-refractivity contribution is 6.36. The van der Waals surface area contributed by atoms with Gasteiger partial charge >= 0.3 is 5.97 Å². The second-order valence-electron chi connectivity index (χ2n) is 3.34. The zero-order chi connectivity index (χ0) is 10.8. The van der Waals surface area contributed by atoms with Crippen molar-refractivity contribution in [3.05, 3.63) is 29.8 Å². The molecule has 0 amide bonds. The molecule has 1 aliphatic heterocycles. The monoisotopic (exact) mass is 206 g/mol. The van der Waals surface area contributed by atoms with Gasteiger partial charge in [-0.2, -0.15) is 5.10 Å². The van der Waals surface area contributed by atoms with Crippen LogP contribution < -0.4 is 5.43 Å². The zero-order valence-electron chi connectivity index (χ0n) is 7.84. The van der Waals surface area contributed by atoms with E-state index in [1.54, 1.807) is 24.3 Å². The van der Waals surface area contributed by atoms with Crippen LogP contribution >= 0.6 is 0 Å². The van der Waals surface area contributed by atoms with E-state index < -0.39 is 5.97 Å². The van der Waals surface area contributed by atoms with E-state index in [0.717, 1.165) is 5.56 Å². The highest BCUT2D eigenvalue weighted by Crippen LogP contribution is 2.23. The summed E-state index contributed by atoms with van der Waals surface area (Å²) in [5.41, 5.74) is 3.79. The van der Waals surface area contributed by atoms with Gasteiger partial charge in [-0.3, -0.25) is 0 Å². The lowest BCUT2D eigenvalue weighted by molar-refractivity contribution is -0.129.